The van der Waals surface area contributed by atoms with Crippen LogP contribution >= 0.6 is 0 Å². The smallest absolute Gasteiger partial charge is 0.404 e. The highest BCUT2D eigenvalue weighted by Gasteiger charge is 2.48. The van der Waals surface area contributed by atoms with Gasteiger partial charge in [0.1, 0.15) is 6.04 Å². The Morgan fingerprint density at radius 2 is 1.66 bits per heavy atom. The minimum atomic E-state index is -1.24. The van der Waals surface area contributed by atoms with E-state index in [0.29, 0.717) is 6.54 Å². The van der Waals surface area contributed by atoms with Crippen LogP contribution in [0.15, 0.2) is 60.7 Å². The topological polar surface area (TPSA) is 102 Å². The molecular formula is C22H27N3O4. The molecule has 29 heavy (non-hydrogen) atoms. The summed E-state index contributed by atoms with van der Waals surface area (Å²) >= 11 is 0. The molecule has 7 nitrogen and oxygen atoms in total. The van der Waals surface area contributed by atoms with Crippen LogP contribution in [0, 0.1) is 0 Å². The van der Waals surface area contributed by atoms with Gasteiger partial charge in [-0.2, -0.15) is 0 Å². The average Bonchev–Trinajstić information content (AvgIpc) is 2.92. The van der Waals surface area contributed by atoms with Gasteiger partial charge in [-0.05, 0) is 31.4 Å². The number of benzene rings is 2. The number of aliphatic hydroxyl groups is 1. The minimum Gasteiger partial charge on any atom is -0.465 e. The zero-order valence-corrected chi connectivity index (χ0v) is 16.6. The zero-order chi connectivity index (χ0) is 21.0. The van der Waals surface area contributed by atoms with Crippen molar-refractivity contribution in [1.82, 2.24) is 15.5 Å². The van der Waals surface area contributed by atoms with E-state index in [2.05, 4.69) is 10.6 Å². The van der Waals surface area contributed by atoms with Gasteiger partial charge < -0.3 is 20.4 Å². The van der Waals surface area contributed by atoms with Gasteiger partial charge in [0, 0.05) is 6.54 Å². The van der Waals surface area contributed by atoms with Crippen molar-refractivity contribution in [2.75, 3.05) is 0 Å². The van der Waals surface area contributed by atoms with Crippen molar-refractivity contribution < 1.29 is 19.8 Å². The van der Waals surface area contributed by atoms with Crippen molar-refractivity contribution in [1.29, 1.82) is 0 Å². The quantitative estimate of drug-likeness (QED) is 0.572. The predicted molar refractivity (Wildman–Crippen MR) is 109 cm³/mol. The molecule has 0 aromatic heterocycles. The predicted octanol–water partition coefficient (Wildman–Crippen LogP) is 1.96. The van der Waals surface area contributed by atoms with Crippen LogP contribution in [0.25, 0.3) is 0 Å². The summed E-state index contributed by atoms with van der Waals surface area (Å²) in [7, 11) is 0. The molecule has 1 fully saturated rings. The first-order valence-electron chi connectivity index (χ1n) is 9.62. The van der Waals surface area contributed by atoms with Gasteiger partial charge in [-0.15, -0.1) is 0 Å². The van der Waals surface area contributed by atoms with Crippen LogP contribution < -0.4 is 10.6 Å². The normalized spacial score (nSPS) is 20.3. The van der Waals surface area contributed by atoms with E-state index in [0.717, 1.165) is 11.1 Å². The maximum Gasteiger partial charge on any atom is 0.404 e. The summed E-state index contributed by atoms with van der Waals surface area (Å²) in [5.41, 5.74) is 1.17. The van der Waals surface area contributed by atoms with Crippen LogP contribution in [0.5, 0.6) is 0 Å². The van der Waals surface area contributed by atoms with Gasteiger partial charge in [0.2, 0.25) is 5.91 Å². The molecule has 0 aliphatic carbocycles. The second-order valence-electron chi connectivity index (χ2n) is 7.83. The number of aliphatic hydroxyl groups excluding tert-OH is 1. The van der Waals surface area contributed by atoms with Crippen molar-refractivity contribution in [3.63, 3.8) is 0 Å². The Balaban J connectivity index is 1.79. The molecule has 3 rings (SSSR count). The van der Waals surface area contributed by atoms with Crippen LogP contribution in [-0.2, 0) is 17.8 Å². The van der Waals surface area contributed by atoms with Crippen molar-refractivity contribution in [3.05, 3.63) is 71.8 Å². The molecule has 4 N–H and O–H groups in total. The number of nitrogens with zero attached hydrogens (tertiary/aromatic N) is 1. The van der Waals surface area contributed by atoms with E-state index < -0.39 is 29.9 Å². The summed E-state index contributed by atoms with van der Waals surface area (Å²) < 4.78 is 0. The molecule has 2 unspecified atom stereocenters. The summed E-state index contributed by atoms with van der Waals surface area (Å²) in [6.07, 6.45) is -2.19. The molecule has 1 saturated heterocycles. The van der Waals surface area contributed by atoms with E-state index in [-0.39, 0.29) is 12.3 Å². The molecule has 154 valence electrons. The Hall–Kier alpha value is -2.90. The highest BCUT2D eigenvalue weighted by atomic mass is 16.4. The third kappa shape index (κ3) is 4.93. The lowest BCUT2D eigenvalue weighted by Gasteiger charge is -2.31. The number of carbonyl (C=O) groups is 2. The first kappa shape index (κ1) is 20.8. The Morgan fingerprint density at radius 3 is 2.21 bits per heavy atom. The van der Waals surface area contributed by atoms with E-state index in [4.69, 9.17) is 0 Å². The molecule has 1 aliphatic heterocycles. The second-order valence-corrected chi connectivity index (χ2v) is 7.83. The number of rotatable bonds is 7. The number of carboxylic acid groups (broad SMARTS) is 1. The van der Waals surface area contributed by atoms with Crippen LogP contribution in [0.1, 0.15) is 25.0 Å². The van der Waals surface area contributed by atoms with Gasteiger partial charge in [-0.3, -0.25) is 10.1 Å². The first-order chi connectivity index (χ1) is 13.8. The minimum absolute atomic E-state index is 0.253. The standard InChI is InChI=1S/C22H27N3O4/c1-22(2)24-18(20(27)25(22)14-16-11-7-4-8-12-16)19(26)17(23-21(28)29)13-15-9-5-3-6-10-15/h3-12,17-19,23-24,26H,13-14H2,1-2H3,(H,28,29)/t17-,18?,19?/m0/s1. The summed E-state index contributed by atoms with van der Waals surface area (Å²) in [5, 5.41) is 25.8. The lowest BCUT2D eigenvalue weighted by molar-refractivity contribution is -0.134. The van der Waals surface area contributed by atoms with Gasteiger partial charge >= 0.3 is 6.09 Å². The Bertz CT molecular complexity index is 842. The van der Waals surface area contributed by atoms with Crippen molar-refractivity contribution in [2.45, 2.75) is 50.7 Å². The monoisotopic (exact) mass is 397 g/mol. The zero-order valence-electron chi connectivity index (χ0n) is 16.6. The molecule has 1 aliphatic rings. The number of carbonyl (C=O) groups excluding carboxylic acids is 1. The largest absolute Gasteiger partial charge is 0.465 e. The number of hydrogen-bond donors (Lipinski definition) is 4. The van der Waals surface area contributed by atoms with Gasteiger partial charge in [0.25, 0.3) is 0 Å². The second kappa shape index (κ2) is 8.63. The number of nitrogens with one attached hydrogen (secondary N) is 2. The Labute approximate surface area is 170 Å². The van der Waals surface area contributed by atoms with E-state index in [1.54, 1.807) is 4.90 Å². The Kier molecular flexibility index (Phi) is 6.20. The van der Waals surface area contributed by atoms with E-state index in [1.807, 2.05) is 74.5 Å². The fourth-order valence-electron chi connectivity index (χ4n) is 3.75. The summed E-state index contributed by atoms with van der Waals surface area (Å²) in [4.78, 5) is 26.1. The molecular weight excluding hydrogens is 370 g/mol. The van der Waals surface area contributed by atoms with Crippen molar-refractivity contribution in [2.24, 2.45) is 0 Å². The first-order valence-corrected chi connectivity index (χ1v) is 9.62. The fourth-order valence-corrected chi connectivity index (χ4v) is 3.75. The molecule has 2 aromatic carbocycles. The van der Waals surface area contributed by atoms with Gasteiger partial charge in [0.05, 0.1) is 17.8 Å². The Morgan fingerprint density at radius 1 is 1.10 bits per heavy atom. The van der Waals surface area contributed by atoms with Crippen LogP contribution in [-0.4, -0.2) is 51.0 Å². The van der Waals surface area contributed by atoms with E-state index in [9.17, 15) is 19.8 Å². The third-order valence-electron chi connectivity index (χ3n) is 5.26. The highest BCUT2D eigenvalue weighted by molar-refractivity contribution is 5.86. The van der Waals surface area contributed by atoms with E-state index in [1.165, 1.54) is 0 Å². The number of hydrogen-bond acceptors (Lipinski definition) is 4. The molecule has 7 heteroatoms. The highest BCUT2D eigenvalue weighted by Crippen LogP contribution is 2.26. The fraction of sp³-hybridized carbons (Fsp3) is 0.364. The maximum atomic E-state index is 13.1. The molecule has 0 saturated carbocycles. The SMILES string of the molecule is CC1(C)NC(C(O)[C@H](Cc2ccccc2)NC(=O)O)C(=O)N1Cc1ccccc1. The number of amides is 2. The lowest BCUT2D eigenvalue weighted by Crippen LogP contribution is -2.55. The average molecular weight is 397 g/mol. The molecule has 0 radical (unpaired) electrons. The summed E-state index contributed by atoms with van der Waals surface area (Å²) in [6.45, 7) is 4.15. The molecule has 1 heterocycles. The lowest BCUT2D eigenvalue weighted by atomic mass is 9.96. The summed E-state index contributed by atoms with van der Waals surface area (Å²) in [5.74, 6) is -0.253. The molecule has 0 spiro atoms. The van der Waals surface area contributed by atoms with Gasteiger partial charge in [-0.1, -0.05) is 60.7 Å². The van der Waals surface area contributed by atoms with E-state index >= 15 is 0 Å². The molecule has 2 aromatic rings. The molecule has 2 amide bonds. The van der Waals surface area contributed by atoms with Crippen LogP contribution in [0.3, 0.4) is 0 Å². The third-order valence-corrected chi connectivity index (χ3v) is 5.26. The van der Waals surface area contributed by atoms with Gasteiger partial charge in [-0.25, -0.2) is 4.79 Å². The van der Waals surface area contributed by atoms with Crippen LogP contribution in [0.4, 0.5) is 4.79 Å². The van der Waals surface area contributed by atoms with Crippen molar-refractivity contribution >= 4 is 12.0 Å². The molecule has 0 bridgehead atoms. The van der Waals surface area contributed by atoms with Gasteiger partial charge in [0.15, 0.2) is 0 Å². The molecule has 3 atom stereocenters. The van der Waals surface area contributed by atoms with Crippen molar-refractivity contribution in [3.8, 4) is 0 Å². The summed E-state index contributed by atoms with van der Waals surface area (Å²) in [6, 6.07) is 17.2. The maximum absolute atomic E-state index is 13.1. The van der Waals surface area contributed by atoms with Crippen LogP contribution in [0.2, 0.25) is 0 Å².